The lowest BCUT2D eigenvalue weighted by atomic mass is 9.98. The van der Waals surface area contributed by atoms with Gasteiger partial charge in [-0.05, 0) is 79.4 Å². The monoisotopic (exact) mass is 489 g/mol. The van der Waals surface area contributed by atoms with Gasteiger partial charge in [0.25, 0.3) is 0 Å². The smallest absolute Gasteiger partial charge is 0.249 e. The van der Waals surface area contributed by atoms with Gasteiger partial charge in [0, 0.05) is 30.4 Å². The fourth-order valence-electron chi connectivity index (χ4n) is 4.47. The zero-order valence-electron chi connectivity index (χ0n) is 21.0. The molecule has 1 fully saturated rings. The van der Waals surface area contributed by atoms with Crippen LogP contribution in [0.5, 0.6) is 23.0 Å². The Labute approximate surface area is 212 Å². The minimum atomic E-state index is -0.479. The van der Waals surface area contributed by atoms with E-state index in [1.807, 2.05) is 36.4 Å². The first-order chi connectivity index (χ1) is 17.5. The number of nitrogens with zero attached hydrogens (tertiary/aromatic N) is 1. The molecule has 1 saturated heterocycles. The molecular formula is C29H35N3O4. The molecule has 0 bridgehead atoms. The summed E-state index contributed by atoms with van der Waals surface area (Å²) in [4.78, 5) is 14.7. The number of nitrogens with two attached hydrogens (primary N) is 2. The molecule has 0 unspecified atom stereocenters. The maximum absolute atomic E-state index is 12.2. The third-order valence-electron chi connectivity index (χ3n) is 6.50. The van der Waals surface area contributed by atoms with Gasteiger partial charge in [-0.1, -0.05) is 25.5 Å². The molecule has 0 saturated carbocycles. The van der Waals surface area contributed by atoms with Crippen molar-refractivity contribution in [1.29, 1.82) is 0 Å². The topological polar surface area (TPSA) is 100 Å². The zero-order valence-corrected chi connectivity index (χ0v) is 21.0. The van der Waals surface area contributed by atoms with E-state index in [0.717, 1.165) is 49.4 Å². The quantitative estimate of drug-likeness (QED) is 0.366. The van der Waals surface area contributed by atoms with E-state index in [2.05, 4.69) is 11.8 Å². The molecule has 3 aromatic rings. The number of methoxy groups -OCH3 is 1. The molecule has 0 aliphatic carbocycles. The van der Waals surface area contributed by atoms with Crippen molar-refractivity contribution in [3.05, 3.63) is 66.2 Å². The van der Waals surface area contributed by atoms with Crippen LogP contribution >= 0.6 is 0 Å². The fraction of sp³-hybridized carbons (Fsp3) is 0.345. The van der Waals surface area contributed by atoms with Gasteiger partial charge in [-0.3, -0.25) is 4.79 Å². The van der Waals surface area contributed by atoms with E-state index in [9.17, 15) is 4.79 Å². The summed E-state index contributed by atoms with van der Waals surface area (Å²) in [5, 5.41) is 0. The summed E-state index contributed by atoms with van der Waals surface area (Å²) < 4.78 is 17.7. The molecule has 1 aliphatic rings. The average Bonchev–Trinajstić information content (AvgIpc) is 2.89. The first-order valence-electron chi connectivity index (χ1n) is 12.5. The van der Waals surface area contributed by atoms with Crippen molar-refractivity contribution < 1.29 is 19.0 Å². The number of ether oxygens (including phenoxy) is 3. The van der Waals surface area contributed by atoms with E-state index >= 15 is 0 Å². The summed E-state index contributed by atoms with van der Waals surface area (Å²) in [6, 6.07) is 18.2. The molecule has 1 heterocycles. The van der Waals surface area contributed by atoms with Crippen LogP contribution in [0.3, 0.4) is 0 Å². The van der Waals surface area contributed by atoms with Gasteiger partial charge < -0.3 is 30.6 Å². The third-order valence-corrected chi connectivity index (χ3v) is 6.50. The molecule has 1 amide bonds. The van der Waals surface area contributed by atoms with E-state index < -0.39 is 5.91 Å². The van der Waals surface area contributed by atoms with Crippen LogP contribution in [0.2, 0.25) is 0 Å². The summed E-state index contributed by atoms with van der Waals surface area (Å²) in [6.45, 7) is 5.49. The van der Waals surface area contributed by atoms with E-state index in [1.54, 1.807) is 31.4 Å². The second-order valence-electron chi connectivity index (χ2n) is 9.12. The van der Waals surface area contributed by atoms with Crippen LogP contribution in [0.25, 0.3) is 11.1 Å². The van der Waals surface area contributed by atoms with Gasteiger partial charge >= 0.3 is 0 Å². The third kappa shape index (κ3) is 6.29. The van der Waals surface area contributed by atoms with Gasteiger partial charge in [0.15, 0.2) is 11.5 Å². The zero-order chi connectivity index (χ0) is 25.5. The summed E-state index contributed by atoms with van der Waals surface area (Å²) in [7, 11) is 1.57. The number of amides is 1. The Morgan fingerprint density at radius 3 is 2.36 bits per heavy atom. The van der Waals surface area contributed by atoms with Crippen LogP contribution in [0.1, 0.15) is 43.0 Å². The number of hydrogen-bond donors (Lipinski definition) is 2. The number of rotatable bonds is 10. The molecule has 0 spiro atoms. The van der Waals surface area contributed by atoms with Gasteiger partial charge in [0.1, 0.15) is 17.6 Å². The first kappa shape index (κ1) is 25.4. The van der Waals surface area contributed by atoms with Crippen molar-refractivity contribution in [2.24, 2.45) is 5.73 Å². The lowest BCUT2D eigenvalue weighted by molar-refractivity contribution is 0.0993. The molecular weight excluding hydrogens is 454 g/mol. The van der Waals surface area contributed by atoms with E-state index in [4.69, 9.17) is 25.7 Å². The lowest BCUT2D eigenvalue weighted by Gasteiger charge is -2.32. The minimum Gasteiger partial charge on any atom is -0.493 e. The van der Waals surface area contributed by atoms with Crippen LogP contribution in [0, 0.1) is 0 Å². The molecule has 36 heavy (non-hydrogen) atoms. The van der Waals surface area contributed by atoms with Crippen molar-refractivity contribution >= 4 is 11.6 Å². The second-order valence-corrected chi connectivity index (χ2v) is 9.12. The minimum absolute atomic E-state index is 0.167. The molecule has 0 radical (unpaired) electrons. The number of carbonyl (C=O) groups excluding carboxylic acids is 1. The molecule has 3 aromatic carbocycles. The molecule has 7 nitrogen and oxygen atoms in total. The SMILES string of the molecule is CCCCN1CCC(Oc2ccc(C(N)=O)c(-c3ccc(Oc4ccc(N)cc4OC)cc3)c2)CC1. The molecule has 7 heteroatoms. The number of hydrogen-bond acceptors (Lipinski definition) is 6. The van der Waals surface area contributed by atoms with E-state index in [1.165, 1.54) is 12.8 Å². The molecule has 4 rings (SSSR count). The lowest BCUT2D eigenvalue weighted by Crippen LogP contribution is -2.38. The highest BCUT2D eigenvalue weighted by Gasteiger charge is 2.21. The number of anilines is 1. The number of benzene rings is 3. The number of unbranched alkanes of at least 4 members (excludes halogenated alkanes) is 1. The van der Waals surface area contributed by atoms with E-state index in [0.29, 0.717) is 28.5 Å². The Balaban J connectivity index is 1.49. The maximum Gasteiger partial charge on any atom is 0.249 e. The number of primary amides is 1. The Morgan fingerprint density at radius 1 is 0.972 bits per heavy atom. The summed E-state index contributed by atoms with van der Waals surface area (Å²) in [5.41, 5.74) is 14.1. The van der Waals surface area contributed by atoms with Crippen molar-refractivity contribution in [3.8, 4) is 34.1 Å². The highest BCUT2D eigenvalue weighted by Crippen LogP contribution is 2.35. The Kier molecular flexibility index (Phi) is 8.33. The predicted molar refractivity (Wildman–Crippen MR) is 143 cm³/mol. The van der Waals surface area contributed by atoms with Crippen molar-refractivity contribution in [3.63, 3.8) is 0 Å². The molecule has 190 valence electrons. The highest BCUT2D eigenvalue weighted by atomic mass is 16.5. The molecule has 0 atom stereocenters. The van der Waals surface area contributed by atoms with E-state index in [-0.39, 0.29) is 6.10 Å². The van der Waals surface area contributed by atoms with Gasteiger partial charge in [-0.25, -0.2) is 0 Å². The number of carbonyl (C=O) groups is 1. The number of likely N-dealkylation sites (tertiary alicyclic amines) is 1. The van der Waals surface area contributed by atoms with Gasteiger partial charge in [-0.2, -0.15) is 0 Å². The van der Waals surface area contributed by atoms with Gasteiger partial charge in [0.2, 0.25) is 5.91 Å². The summed E-state index contributed by atoms with van der Waals surface area (Å²) >= 11 is 0. The summed E-state index contributed by atoms with van der Waals surface area (Å²) in [6.07, 6.45) is 4.62. The molecule has 1 aliphatic heterocycles. The molecule has 0 aromatic heterocycles. The van der Waals surface area contributed by atoms with Crippen molar-refractivity contribution in [2.75, 3.05) is 32.5 Å². The van der Waals surface area contributed by atoms with Crippen LogP contribution < -0.4 is 25.7 Å². The number of nitrogen functional groups attached to an aromatic ring is 1. The van der Waals surface area contributed by atoms with Crippen LogP contribution in [-0.2, 0) is 0 Å². The normalized spacial score (nSPS) is 14.4. The Morgan fingerprint density at radius 2 is 1.69 bits per heavy atom. The maximum atomic E-state index is 12.2. The number of piperidine rings is 1. The Bertz CT molecular complexity index is 1170. The van der Waals surface area contributed by atoms with Crippen LogP contribution in [-0.4, -0.2) is 43.7 Å². The molecule has 4 N–H and O–H groups in total. The van der Waals surface area contributed by atoms with Crippen LogP contribution in [0.4, 0.5) is 5.69 Å². The highest BCUT2D eigenvalue weighted by molar-refractivity contribution is 6.00. The van der Waals surface area contributed by atoms with Crippen LogP contribution in [0.15, 0.2) is 60.7 Å². The van der Waals surface area contributed by atoms with Gasteiger partial charge in [-0.15, -0.1) is 0 Å². The largest absolute Gasteiger partial charge is 0.493 e. The van der Waals surface area contributed by atoms with Crippen molar-refractivity contribution in [1.82, 2.24) is 4.90 Å². The van der Waals surface area contributed by atoms with Gasteiger partial charge in [0.05, 0.1) is 7.11 Å². The predicted octanol–water partition coefficient (Wildman–Crippen LogP) is 5.48. The van der Waals surface area contributed by atoms with Crippen molar-refractivity contribution in [2.45, 2.75) is 38.7 Å². The Hall–Kier alpha value is -3.71. The fourth-order valence-corrected chi connectivity index (χ4v) is 4.47. The average molecular weight is 490 g/mol. The summed E-state index contributed by atoms with van der Waals surface area (Å²) in [5.74, 6) is 2.01. The standard InChI is InChI=1S/C29H35N3O4/c1-3-4-15-32-16-13-23(14-17-32)35-24-10-11-25(29(31)33)26(19-24)20-5-8-22(9-6-20)36-27-12-7-21(30)18-28(27)34-2/h5-12,18-19,23H,3-4,13-17,30H2,1-2H3,(H2,31,33). The second kappa shape index (κ2) is 11.8. The first-order valence-corrected chi connectivity index (χ1v) is 12.5.